The Kier molecular flexibility index (Phi) is 3.11. The zero-order valence-electron chi connectivity index (χ0n) is 5.56. The van der Waals surface area contributed by atoms with Crippen LogP contribution in [0.25, 0.3) is 0 Å². The molecule has 5 N–H and O–H groups in total. The van der Waals surface area contributed by atoms with Crippen molar-refractivity contribution < 1.29 is 10.6 Å². The molecule has 0 unspecified atom stereocenters. The second kappa shape index (κ2) is 3.15. The average molecular weight is 133 g/mol. The van der Waals surface area contributed by atoms with Gasteiger partial charge in [0.25, 0.3) is 0 Å². The van der Waals surface area contributed by atoms with E-state index in [4.69, 9.17) is 10.8 Å². The highest BCUT2D eigenvalue weighted by atomic mass is 16.3. The molecule has 3 nitrogen and oxygen atoms in total. The maximum atomic E-state index is 9.15. The summed E-state index contributed by atoms with van der Waals surface area (Å²) < 4.78 is 0. The third kappa shape index (κ3) is 2.79. The molecule has 0 saturated heterocycles. The van der Waals surface area contributed by atoms with Crippen LogP contribution in [0.2, 0.25) is 0 Å². The molecule has 0 spiro atoms. The van der Waals surface area contributed by atoms with Crippen molar-refractivity contribution in [1.82, 2.24) is 0 Å². The molecule has 3 heteroatoms. The first-order valence-electron chi connectivity index (χ1n) is 3.22. The Balaban J connectivity index is 0.000000640. The third-order valence-electron chi connectivity index (χ3n) is 1.72. The summed E-state index contributed by atoms with van der Waals surface area (Å²) in [7, 11) is 0. The van der Waals surface area contributed by atoms with Gasteiger partial charge in [-0.15, -0.1) is 0 Å². The summed E-state index contributed by atoms with van der Waals surface area (Å²) in [6, 6.07) is 0. The van der Waals surface area contributed by atoms with E-state index >= 15 is 0 Å². The Bertz CT molecular complexity index is 75.1. The van der Waals surface area contributed by atoms with Crippen LogP contribution in [0, 0.1) is 0 Å². The molecule has 1 fully saturated rings. The first kappa shape index (κ1) is 8.88. The molecule has 0 aliphatic heterocycles. The van der Waals surface area contributed by atoms with Crippen molar-refractivity contribution in [3.63, 3.8) is 0 Å². The molecule has 1 aliphatic rings. The highest BCUT2D eigenvalue weighted by Gasteiger charge is 2.22. The molecule has 9 heavy (non-hydrogen) atoms. The molecular weight excluding hydrogens is 118 g/mol. The largest absolute Gasteiger partial charge is 0.412 e. The predicted octanol–water partition coefficient (Wildman–Crippen LogP) is -0.227. The van der Waals surface area contributed by atoms with E-state index in [2.05, 4.69) is 0 Å². The van der Waals surface area contributed by atoms with E-state index in [9.17, 15) is 0 Å². The van der Waals surface area contributed by atoms with Gasteiger partial charge >= 0.3 is 0 Å². The Hall–Kier alpha value is -0.120. The summed E-state index contributed by atoms with van der Waals surface area (Å²) in [5.41, 5.74) is 4.61. The van der Waals surface area contributed by atoms with E-state index in [0.29, 0.717) is 0 Å². The Morgan fingerprint density at radius 1 is 1.11 bits per heavy atom. The Labute approximate surface area is 55.2 Å². The van der Waals surface area contributed by atoms with Crippen LogP contribution in [0.4, 0.5) is 0 Å². The molecule has 0 radical (unpaired) electrons. The fourth-order valence-corrected chi connectivity index (χ4v) is 1.16. The Morgan fingerprint density at radius 2 is 1.56 bits per heavy atom. The zero-order chi connectivity index (χ0) is 6.04. The van der Waals surface area contributed by atoms with E-state index in [0.717, 1.165) is 25.7 Å². The van der Waals surface area contributed by atoms with E-state index in [-0.39, 0.29) is 5.48 Å². The van der Waals surface area contributed by atoms with Gasteiger partial charge in [0.15, 0.2) is 0 Å². The van der Waals surface area contributed by atoms with Crippen molar-refractivity contribution in [2.75, 3.05) is 0 Å². The molecule has 1 aliphatic carbocycles. The Morgan fingerprint density at radius 3 is 1.78 bits per heavy atom. The van der Waals surface area contributed by atoms with Crippen molar-refractivity contribution in [2.24, 2.45) is 5.73 Å². The molecule has 0 bridgehead atoms. The molecule has 56 valence electrons. The molecule has 1 rings (SSSR count). The van der Waals surface area contributed by atoms with Gasteiger partial charge in [-0.2, -0.15) is 0 Å². The van der Waals surface area contributed by atoms with E-state index in [1.807, 2.05) is 0 Å². The summed E-state index contributed by atoms with van der Waals surface area (Å²) in [6.45, 7) is 0. The number of hydrogen-bond donors (Lipinski definition) is 2. The lowest BCUT2D eigenvalue weighted by atomic mass is 9.93. The quantitative estimate of drug-likeness (QED) is 0.448. The van der Waals surface area contributed by atoms with Gasteiger partial charge in [-0.05, 0) is 25.7 Å². The smallest absolute Gasteiger partial charge is 0.113 e. The van der Waals surface area contributed by atoms with Crippen molar-refractivity contribution in [2.45, 2.75) is 37.8 Å². The second-order valence-electron chi connectivity index (χ2n) is 2.66. The number of nitrogens with two attached hydrogens (primary N) is 1. The standard InChI is InChI=1S/C6H13NO.H2O/c7-6(8)4-2-1-3-5-6;/h8H,1-5,7H2;1H2. The monoisotopic (exact) mass is 133 g/mol. The SMILES string of the molecule is NC1(O)CCCCC1.O. The third-order valence-corrected chi connectivity index (χ3v) is 1.72. The molecule has 0 aromatic rings. The van der Waals surface area contributed by atoms with Crippen LogP contribution < -0.4 is 5.73 Å². The van der Waals surface area contributed by atoms with Crippen molar-refractivity contribution in [3.8, 4) is 0 Å². The molecular formula is C6H15NO2. The highest BCUT2D eigenvalue weighted by molar-refractivity contribution is 4.74. The van der Waals surface area contributed by atoms with Crippen LogP contribution in [-0.2, 0) is 0 Å². The lowest BCUT2D eigenvalue weighted by Gasteiger charge is -2.26. The highest BCUT2D eigenvalue weighted by Crippen LogP contribution is 2.22. The minimum Gasteiger partial charge on any atom is -0.412 e. The summed E-state index contributed by atoms with van der Waals surface area (Å²) in [5.74, 6) is 0. The lowest BCUT2D eigenvalue weighted by Crippen LogP contribution is -2.40. The van der Waals surface area contributed by atoms with Gasteiger partial charge in [-0.3, -0.25) is 0 Å². The number of hydrogen-bond acceptors (Lipinski definition) is 2. The summed E-state index contributed by atoms with van der Waals surface area (Å²) in [6.07, 6.45) is 4.99. The number of aliphatic hydroxyl groups is 1. The van der Waals surface area contributed by atoms with E-state index in [1.54, 1.807) is 0 Å². The molecule has 0 aromatic heterocycles. The normalized spacial score (nSPS) is 24.7. The van der Waals surface area contributed by atoms with Crippen LogP contribution >= 0.6 is 0 Å². The fourth-order valence-electron chi connectivity index (χ4n) is 1.16. The van der Waals surface area contributed by atoms with Gasteiger partial charge < -0.3 is 16.3 Å². The van der Waals surface area contributed by atoms with Gasteiger partial charge in [-0.1, -0.05) is 6.42 Å². The molecule has 0 atom stereocenters. The van der Waals surface area contributed by atoms with Gasteiger partial charge in [0.2, 0.25) is 0 Å². The minimum absolute atomic E-state index is 0. The van der Waals surface area contributed by atoms with Gasteiger partial charge in [0.05, 0.1) is 0 Å². The summed E-state index contributed by atoms with van der Waals surface area (Å²) >= 11 is 0. The zero-order valence-corrected chi connectivity index (χ0v) is 5.56. The predicted molar refractivity (Wildman–Crippen MR) is 35.8 cm³/mol. The van der Waals surface area contributed by atoms with Crippen molar-refractivity contribution in [1.29, 1.82) is 0 Å². The van der Waals surface area contributed by atoms with E-state index in [1.165, 1.54) is 6.42 Å². The fraction of sp³-hybridized carbons (Fsp3) is 1.00. The lowest BCUT2D eigenvalue weighted by molar-refractivity contribution is 0.0103. The second-order valence-corrected chi connectivity index (χ2v) is 2.66. The number of rotatable bonds is 0. The minimum atomic E-state index is -0.821. The van der Waals surface area contributed by atoms with Crippen LogP contribution in [0.3, 0.4) is 0 Å². The molecule has 1 saturated carbocycles. The van der Waals surface area contributed by atoms with Crippen molar-refractivity contribution in [3.05, 3.63) is 0 Å². The van der Waals surface area contributed by atoms with Crippen LogP contribution in [0.1, 0.15) is 32.1 Å². The van der Waals surface area contributed by atoms with Crippen LogP contribution in [0.5, 0.6) is 0 Å². The van der Waals surface area contributed by atoms with Gasteiger partial charge in [0, 0.05) is 0 Å². The first-order chi connectivity index (χ1) is 3.71. The maximum Gasteiger partial charge on any atom is 0.113 e. The molecule has 0 aromatic carbocycles. The van der Waals surface area contributed by atoms with Crippen LogP contribution in [0.15, 0.2) is 0 Å². The molecule has 0 heterocycles. The van der Waals surface area contributed by atoms with Gasteiger partial charge in [-0.25, -0.2) is 0 Å². The van der Waals surface area contributed by atoms with Crippen molar-refractivity contribution >= 4 is 0 Å². The summed E-state index contributed by atoms with van der Waals surface area (Å²) in [4.78, 5) is 0. The maximum absolute atomic E-state index is 9.15. The first-order valence-corrected chi connectivity index (χ1v) is 3.22. The average Bonchev–Trinajstić information content (AvgIpc) is 1.65. The molecule has 0 amide bonds. The van der Waals surface area contributed by atoms with Gasteiger partial charge in [0.1, 0.15) is 5.72 Å². The van der Waals surface area contributed by atoms with E-state index < -0.39 is 5.72 Å². The topological polar surface area (TPSA) is 77.8 Å². The van der Waals surface area contributed by atoms with Crippen LogP contribution in [-0.4, -0.2) is 16.3 Å². The summed E-state index contributed by atoms with van der Waals surface area (Å²) in [5, 5.41) is 9.15.